The molecule has 2 aromatic rings. The van der Waals surface area contributed by atoms with E-state index < -0.39 is 70.0 Å². The molecule has 5 rings (SSSR count). The quantitative estimate of drug-likeness (QED) is 0.154. The molecule has 3 aliphatic heterocycles. The van der Waals surface area contributed by atoms with Gasteiger partial charge in [0.2, 0.25) is 23.1 Å². The van der Waals surface area contributed by atoms with Gasteiger partial charge in [0.1, 0.15) is 5.76 Å². The Morgan fingerprint density at radius 3 is 1.43 bits per heavy atom. The summed E-state index contributed by atoms with van der Waals surface area (Å²) in [5, 5.41) is 15.3. The van der Waals surface area contributed by atoms with Gasteiger partial charge in [0.05, 0.1) is 22.1 Å². The predicted octanol–water partition coefficient (Wildman–Crippen LogP) is -1.84. The molecule has 0 aromatic carbocycles. The normalized spacial score (nSPS) is 16.9. The number of aromatic amines is 1. The number of hydrogen-bond acceptors (Lipinski definition) is 13. The summed E-state index contributed by atoms with van der Waals surface area (Å²) in [6.45, 7) is 8.46. The van der Waals surface area contributed by atoms with Gasteiger partial charge in [-0.2, -0.15) is 0 Å². The monoisotopic (exact) mass is 651 g/mol. The van der Waals surface area contributed by atoms with E-state index in [2.05, 4.69) is 4.98 Å². The van der Waals surface area contributed by atoms with Gasteiger partial charge in [0.25, 0.3) is 46.9 Å². The fraction of sp³-hybridized carbons (Fsp3) is 0.207. The van der Waals surface area contributed by atoms with Gasteiger partial charge in [0.15, 0.2) is 5.75 Å². The van der Waals surface area contributed by atoms with E-state index in [-0.39, 0.29) is 44.7 Å². The largest absolute Gasteiger partial charge is 0.503 e. The molecule has 18 heteroatoms. The standard InChI is InChI=1S/C12H8N2O6.C10H10N2O4.C7H7NO3/c1-3-5(9(17)13-11(19)7(3)15)6-4(2)8(16)12(20)14-10(6)18;1-3-5-6(8(11)14)4(2)16-10(5)12-9(15)7(3)13;1-3-4(2)6(10)8-7(11)5(3)9/h1-2H3,(H,13,17,19)(H,14,18,20);13H,1-2H3,(H2,11,14)(H,12,15);1-2H3,(H,8,10,11). The minimum atomic E-state index is -1.10. The Morgan fingerprint density at radius 2 is 1.00 bits per heavy atom. The van der Waals surface area contributed by atoms with E-state index in [9.17, 15) is 57.8 Å². The van der Waals surface area contributed by atoms with Crippen LogP contribution in [0.5, 0.6) is 5.75 Å². The van der Waals surface area contributed by atoms with Crippen LogP contribution in [0.4, 0.5) is 0 Å². The molecule has 0 atom stereocenters. The number of rotatable bonds is 2. The Labute approximate surface area is 262 Å². The lowest BCUT2D eigenvalue weighted by Crippen LogP contribution is -2.48. The third-order valence-corrected chi connectivity index (χ3v) is 7.18. The van der Waals surface area contributed by atoms with Gasteiger partial charge in [-0.25, -0.2) is 0 Å². The number of aromatic hydroxyl groups is 1. The molecule has 18 nitrogen and oxygen atoms in total. The Morgan fingerprint density at radius 1 is 0.596 bits per heavy atom. The molecular formula is C29H25N5O13. The molecule has 47 heavy (non-hydrogen) atoms. The van der Waals surface area contributed by atoms with Crippen LogP contribution in [-0.4, -0.2) is 68.8 Å². The highest BCUT2D eigenvalue weighted by atomic mass is 16.3. The summed E-state index contributed by atoms with van der Waals surface area (Å²) >= 11 is 0. The second-order valence-corrected chi connectivity index (χ2v) is 10.1. The number of imide groups is 3. The van der Waals surface area contributed by atoms with Crippen molar-refractivity contribution in [1.29, 1.82) is 0 Å². The number of Topliss-reactive ketones (excluding diaryl/α,β-unsaturated/α-hetero) is 3. The van der Waals surface area contributed by atoms with Gasteiger partial charge in [-0.05, 0) is 41.5 Å². The van der Waals surface area contributed by atoms with Crippen molar-refractivity contribution in [3.8, 4) is 5.75 Å². The van der Waals surface area contributed by atoms with Crippen LogP contribution < -0.4 is 27.2 Å². The van der Waals surface area contributed by atoms with Crippen LogP contribution in [0.3, 0.4) is 0 Å². The molecule has 0 aliphatic carbocycles. The van der Waals surface area contributed by atoms with Crippen LogP contribution in [-0.2, 0) is 43.2 Å². The summed E-state index contributed by atoms with van der Waals surface area (Å²) in [7, 11) is 0. The summed E-state index contributed by atoms with van der Waals surface area (Å²) < 4.78 is 5.21. The SMILES string of the molecule is CC1=C(C)C(=O)C(=O)NC1=O.CC1=C(C2=C(C)C(=O)C(=O)NC2=O)C(=O)NC(=O)C1=O.Cc1oc2[nH]c(=O)c(O)c(C)c2c1C(N)=O. The first-order valence-corrected chi connectivity index (χ1v) is 13.2. The summed E-state index contributed by atoms with van der Waals surface area (Å²) in [4.78, 5) is 126. The van der Waals surface area contributed by atoms with Crippen molar-refractivity contribution in [3.05, 3.63) is 60.7 Å². The average Bonchev–Trinajstić information content (AvgIpc) is 3.33. The lowest BCUT2D eigenvalue weighted by molar-refractivity contribution is -0.140. The molecule has 0 spiro atoms. The molecule has 7 amide bonds. The molecule has 244 valence electrons. The minimum absolute atomic E-state index is 0.145. The second kappa shape index (κ2) is 12.8. The van der Waals surface area contributed by atoms with Crippen molar-refractivity contribution in [2.45, 2.75) is 41.5 Å². The van der Waals surface area contributed by atoms with E-state index in [1.165, 1.54) is 34.6 Å². The number of hydrogen-bond donors (Lipinski definition) is 6. The number of fused-ring (bicyclic) bond motifs is 1. The first kappa shape index (κ1) is 34.9. The maximum atomic E-state index is 11.8. The number of pyridine rings is 1. The summed E-state index contributed by atoms with van der Waals surface area (Å²) in [6, 6.07) is 0. The molecule has 5 heterocycles. The number of carbonyl (C=O) groups is 10. The number of aromatic nitrogens is 1. The maximum Gasteiger partial charge on any atom is 0.298 e. The van der Waals surface area contributed by atoms with Gasteiger partial charge in [-0.15, -0.1) is 0 Å². The van der Waals surface area contributed by atoms with Gasteiger partial charge in [0, 0.05) is 27.9 Å². The highest BCUT2D eigenvalue weighted by Crippen LogP contribution is 2.29. The Balaban J connectivity index is 0.000000200. The predicted molar refractivity (Wildman–Crippen MR) is 155 cm³/mol. The fourth-order valence-electron chi connectivity index (χ4n) is 4.46. The number of nitrogens with one attached hydrogen (secondary N) is 4. The lowest BCUT2D eigenvalue weighted by atomic mass is 9.87. The molecule has 7 N–H and O–H groups in total. The number of H-pyrrole nitrogens is 1. The fourth-order valence-corrected chi connectivity index (χ4v) is 4.46. The lowest BCUT2D eigenvalue weighted by Gasteiger charge is -2.21. The Kier molecular flexibility index (Phi) is 9.50. The summed E-state index contributed by atoms with van der Waals surface area (Å²) in [5.74, 6) is -8.80. The van der Waals surface area contributed by atoms with Crippen molar-refractivity contribution >= 4 is 69.8 Å². The van der Waals surface area contributed by atoms with Crippen LogP contribution >= 0.6 is 0 Å². The molecule has 0 bridgehead atoms. The van der Waals surface area contributed by atoms with Gasteiger partial charge >= 0.3 is 0 Å². The topological polar surface area (TPSA) is 299 Å². The molecular weight excluding hydrogens is 626 g/mol. The van der Waals surface area contributed by atoms with Crippen LogP contribution in [0.15, 0.2) is 42.7 Å². The van der Waals surface area contributed by atoms with Crippen molar-refractivity contribution in [2.24, 2.45) is 5.73 Å². The third kappa shape index (κ3) is 6.32. The first-order chi connectivity index (χ1) is 21.7. The number of aryl methyl sites for hydroxylation is 2. The zero-order chi connectivity index (χ0) is 35.8. The number of carbonyl (C=O) groups excluding carboxylic acids is 10. The zero-order valence-corrected chi connectivity index (χ0v) is 25.4. The van der Waals surface area contributed by atoms with Crippen molar-refractivity contribution in [3.63, 3.8) is 0 Å². The van der Waals surface area contributed by atoms with Gasteiger partial charge in [-0.1, -0.05) is 0 Å². The molecule has 0 saturated heterocycles. The number of amides is 7. The van der Waals surface area contributed by atoms with E-state index in [0.29, 0.717) is 16.7 Å². The first-order valence-electron chi connectivity index (χ1n) is 13.2. The van der Waals surface area contributed by atoms with Crippen LogP contribution in [0.25, 0.3) is 11.1 Å². The van der Waals surface area contributed by atoms with Crippen molar-refractivity contribution in [2.75, 3.05) is 0 Å². The van der Waals surface area contributed by atoms with E-state index in [1.807, 2.05) is 5.32 Å². The second-order valence-electron chi connectivity index (χ2n) is 10.1. The molecule has 0 saturated carbocycles. The van der Waals surface area contributed by atoms with Gasteiger partial charge in [-0.3, -0.25) is 73.7 Å². The Bertz CT molecular complexity index is 2030. The van der Waals surface area contributed by atoms with E-state index in [1.54, 1.807) is 17.6 Å². The van der Waals surface area contributed by atoms with Crippen LogP contribution in [0, 0.1) is 13.8 Å². The summed E-state index contributed by atoms with van der Waals surface area (Å²) in [5.41, 5.74) is 4.48. The van der Waals surface area contributed by atoms with Gasteiger partial charge < -0.3 is 15.3 Å². The van der Waals surface area contributed by atoms with Crippen LogP contribution in [0.2, 0.25) is 0 Å². The maximum absolute atomic E-state index is 11.8. The number of furan rings is 1. The third-order valence-electron chi connectivity index (χ3n) is 7.18. The van der Waals surface area contributed by atoms with Crippen LogP contribution in [0.1, 0.15) is 49.4 Å². The van der Waals surface area contributed by atoms with E-state index in [0.717, 1.165) is 0 Å². The average molecular weight is 652 g/mol. The number of primary amides is 1. The number of nitrogens with two attached hydrogens (primary N) is 1. The Hall–Kier alpha value is -6.59. The van der Waals surface area contributed by atoms with E-state index in [4.69, 9.17) is 10.2 Å². The molecule has 0 unspecified atom stereocenters. The number of ketones is 3. The molecule has 0 fully saturated rings. The van der Waals surface area contributed by atoms with Crippen molar-refractivity contribution in [1.82, 2.24) is 20.9 Å². The molecule has 3 aliphatic rings. The smallest absolute Gasteiger partial charge is 0.298 e. The molecule has 0 radical (unpaired) electrons. The summed E-state index contributed by atoms with van der Waals surface area (Å²) in [6.07, 6.45) is 0. The highest BCUT2D eigenvalue weighted by Gasteiger charge is 2.40. The zero-order valence-electron chi connectivity index (χ0n) is 25.4. The minimum Gasteiger partial charge on any atom is -0.503 e. The molecule has 2 aromatic heterocycles. The van der Waals surface area contributed by atoms with Crippen molar-refractivity contribution < 1.29 is 57.5 Å². The van der Waals surface area contributed by atoms with E-state index >= 15 is 0 Å². The highest BCUT2D eigenvalue weighted by molar-refractivity contribution is 6.52.